The molecule has 0 bridgehead atoms. The number of para-hydroxylation sites is 1. The Balaban J connectivity index is 1.82. The Kier molecular flexibility index (Phi) is 4.34. The Bertz CT molecular complexity index is 882. The maximum atomic E-state index is 13.3. The van der Waals surface area contributed by atoms with Crippen LogP contribution in [-0.2, 0) is 4.84 Å². The Labute approximate surface area is 146 Å². The number of rotatable bonds is 2. The average Bonchev–Trinajstić information content (AvgIpc) is 2.86. The number of benzene rings is 2. The second-order valence-corrected chi connectivity index (χ2v) is 6.29. The van der Waals surface area contributed by atoms with Crippen molar-refractivity contribution >= 4 is 16.7 Å². The summed E-state index contributed by atoms with van der Waals surface area (Å²) in [4.78, 5) is 12.9. The molecule has 5 heteroatoms. The fraction of sp³-hybridized carbons (Fsp3) is 0.250. The van der Waals surface area contributed by atoms with Gasteiger partial charge in [-0.3, -0.25) is 4.84 Å². The molecule has 25 heavy (non-hydrogen) atoms. The minimum absolute atomic E-state index is 0.235. The van der Waals surface area contributed by atoms with Gasteiger partial charge in [-0.05, 0) is 42.4 Å². The summed E-state index contributed by atoms with van der Waals surface area (Å²) in [5.41, 5.74) is 2.90. The molecule has 0 spiro atoms. The molecule has 3 aromatic rings. The zero-order valence-electron chi connectivity index (χ0n) is 14.2. The predicted molar refractivity (Wildman–Crippen MR) is 97.9 cm³/mol. The fourth-order valence-electron chi connectivity index (χ4n) is 3.08. The molecule has 2 aromatic carbocycles. The van der Waals surface area contributed by atoms with Crippen molar-refractivity contribution < 1.29 is 9.23 Å². The Morgan fingerprint density at radius 3 is 2.64 bits per heavy atom. The van der Waals surface area contributed by atoms with Gasteiger partial charge in [0.1, 0.15) is 5.82 Å². The van der Waals surface area contributed by atoms with E-state index in [4.69, 9.17) is 9.82 Å². The maximum Gasteiger partial charge on any atom is 0.153 e. The maximum absolute atomic E-state index is 13.3. The molecule has 0 saturated carbocycles. The monoisotopic (exact) mass is 337 g/mol. The molecular weight excluding hydrogens is 317 g/mol. The second kappa shape index (κ2) is 6.78. The van der Waals surface area contributed by atoms with Crippen molar-refractivity contribution in [3.05, 3.63) is 60.4 Å². The van der Waals surface area contributed by atoms with Gasteiger partial charge >= 0.3 is 0 Å². The van der Waals surface area contributed by atoms with Crippen LogP contribution in [0.15, 0.2) is 54.6 Å². The van der Waals surface area contributed by atoms with Crippen molar-refractivity contribution in [3.8, 4) is 11.1 Å². The summed E-state index contributed by atoms with van der Waals surface area (Å²) in [6.45, 7) is 3.21. The lowest BCUT2D eigenvalue weighted by Gasteiger charge is -2.22. The molecule has 4 nitrogen and oxygen atoms in total. The van der Waals surface area contributed by atoms with Gasteiger partial charge < -0.3 is 4.90 Å². The first-order chi connectivity index (χ1) is 12.2. The van der Waals surface area contributed by atoms with Crippen LogP contribution < -0.4 is 5.06 Å². The molecule has 0 N–H and O–H groups in total. The molecule has 0 radical (unpaired) electrons. The highest BCUT2D eigenvalue weighted by Crippen LogP contribution is 2.31. The van der Waals surface area contributed by atoms with Crippen molar-refractivity contribution in [2.45, 2.75) is 0 Å². The van der Waals surface area contributed by atoms with E-state index in [2.05, 4.69) is 11.9 Å². The number of fused-ring (bicyclic) bond motifs is 1. The van der Waals surface area contributed by atoms with E-state index in [1.165, 1.54) is 12.1 Å². The van der Waals surface area contributed by atoms with Gasteiger partial charge in [0.25, 0.3) is 0 Å². The van der Waals surface area contributed by atoms with Crippen LogP contribution in [0.2, 0.25) is 0 Å². The van der Waals surface area contributed by atoms with Crippen LogP contribution in [0, 0.1) is 5.82 Å². The van der Waals surface area contributed by atoms with Gasteiger partial charge in [-0.25, -0.2) is 14.4 Å². The molecule has 1 aliphatic heterocycles. The highest BCUT2D eigenvalue weighted by molar-refractivity contribution is 5.96. The van der Waals surface area contributed by atoms with E-state index in [1.54, 1.807) is 12.1 Å². The topological polar surface area (TPSA) is 28.6 Å². The van der Waals surface area contributed by atoms with Gasteiger partial charge in [-0.1, -0.05) is 30.3 Å². The standard InChI is InChI=1S/C20H20FN3O/c1-23-10-11-24(25-13-12-23)20-14-18(15-6-8-16(21)9-7-15)17-4-2-3-5-19(17)22-20/h2-9,14H,10-13H2,1H3. The molecular formula is C20H20FN3O. The van der Waals surface area contributed by atoms with Gasteiger partial charge in [0, 0.05) is 18.5 Å². The van der Waals surface area contributed by atoms with Crippen molar-refractivity contribution in [2.24, 2.45) is 0 Å². The van der Waals surface area contributed by atoms with E-state index < -0.39 is 0 Å². The van der Waals surface area contributed by atoms with Crippen molar-refractivity contribution in [2.75, 3.05) is 38.4 Å². The van der Waals surface area contributed by atoms with Gasteiger partial charge in [0.2, 0.25) is 0 Å². The van der Waals surface area contributed by atoms with Crippen LogP contribution in [0.25, 0.3) is 22.0 Å². The van der Waals surface area contributed by atoms with E-state index in [-0.39, 0.29) is 5.82 Å². The third-order valence-electron chi connectivity index (χ3n) is 4.52. The summed E-state index contributed by atoms with van der Waals surface area (Å²) in [5, 5.41) is 2.91. The lowest BCUT2D eigenvalue weighted by atomic mass is 10.0. The molecule has 0 aliphatic carbocycles. The number of hydrogen-bond donors (Lipinski definition) is 0. The minimum Gasteiger partial charge on any atom is -0.302 e. The number of likely N-dealkylation sites (N-methyl/N-ethyl adjacent to an activating group) is 1. The molecule has 1 aliphatic rings. The summed E-state index contributed by atoms with van der Waals surface area (Å²) in [7, 11) is 2.09. The largest absolute Gasteiger partial charge is 0.302 e. The molecule has 1 saturated heterocycles. The zero-order valence-corrected chi connectivity index (χ0v) is 14.2. The first-order valence-corrected chi connectivity index (χ1v) is 8.45. The van der Waals surface area contributed by atoms with E-state index in [1.807, 2.05) is 35.4 Å². The summed E-state index contributed by atoms with van der Waals surface area (Å²) >= 11 is 0. The lowest BCUT2D eigenvalue weighted by Crippen LogP contribution is -2.28. The van der Waals surface area contributed by atoms with Crippen LogP contribution in [-0.4, -0.2) is 43.2 Å². The number of aromatic nitrogens is 1. The third-order valence-corrected chi connectivity index (χ3v) is 4.52. The summed E-state index contributed by atoms with van der Waals surface area (Å²) < 4.78 is 13.3. The number of hydroxylamine groups is 1. The normalized spacial score (nSPS) is 16.2. The average molecular weight is 337 g/mol. The molecule has 0 atom stereocenters. The highest BCUT2D eigenvalue weighted by Gasteiger charge is 2.17. The van der Waals surface area contributed by atoms with Crippen molar-refractivity contribution in [3.63, 3.8) is 0 Å². The van der Waals surface area contributed by atoms with Gasteiger partial charge in [0.05, 0.1) is 18.7 Å². The summed E-state index contributed by atoms with van der Waals surface area (Å²) in [5.74, 6) is 0.551. The fourth-order valence-corrected chi connectivity index (χ4v) is 3.08. The summed E-state index contributed by atoms with van der Waals surface area (Å²) in [6.07, 6.45) is 0. The molecule has 128 valence electrons. The molecule has 1 aromatic heterocycles. The van der Waals surface area contributed by atoms with E-state index in [9.17, 15) is 4.39 Å². The predicted octanol–water partition coefficient (Wildman–Crippen LogP) is 3.72. The number of pyridine rings is 1. The first kappa shape index (κ1) is 16.0. The Hall–Kier alpha value is -2.50. The van der Waals surface area contributed by atoms with Crippen LogP contribution in [0.1, 0.15) is 0 Å². The quantitative estimate of drug-likeness (QED) is 0.712. The second-order valence-electron chi connectivity index (χ2n) is 6.29. The highest BCUT2D eigenvalue weighted by atomic mass is 19.1. The van der Waals surface area contributed by atoms with Gasteiger partial charge in [-0.15, -0.1) is 0 Å². The number of hydrogen-bond acceptors (Lipinski definition) is 4. The lowest BCUT2D eigenvalue weighted by molar-refractivity contribution is 0.118. The van der Waals surface area contributed by atoms with Crippen molar-refractivity contribution in [1.29, 1.82) is 0 Å². The van der Waals surface area contributed by atoms with E-state index >= 15 is 0 Å². The molecule has 0 unspecified atom stereocenters. The van der Waals surface area contributed by atoms with Gasteiger partial charge in [-0.2, -0.15) is 0 Å². The van der Waals surface area contributed by atoms with E-state index in [0.717, 1.165) is 47.5 Å². The molecule has 1 fully saturated rings. The van der Waals surface area contributed by atoms with Gasteiger partial charge in [0.15, 0.2) is 5.82 Å². The molecule has 4 rings (SSSR count). The number of nitrogens with zero attached hydrogens (tertiary/aromatic N) is 3. The van der Waals surface area contributed by atoms with E-state index in [0.29, 0.717) is 6.61 Å². The molecule has 2 heterocycles. The van der Waals surface area contributed by atoms with Crippen LogP contribution in [0.5, 0.6) is 0 Å². The minimum atomic E-state index is -0.235. The van der Waals surface area contributed by atoms with Crippen LogP contribution in [0.3, 0.4) is 0 Å². The van der Waals surface area contributed by atoms with Crippen LogP contribution in [0.4, 0.5) is 10.2 Å². The van der Waals surface area contributed by atoms with Crippen molar-refractivity contribution in [1.82, 2.24) is 9.88 Å². The zero-order chi connectivity index (χ0) is 17.2. The third kappa shape index (κ3) is 3.34. The SMILES string of the molecule is CN1CCON(c2cc(-c3ccc(F)cc3)c3ccccc3n2)CC1. The Morgan fingerprint density at radius 2 is 1.80 bits per heavy atom. The summed E-state index contributed by atoms with van der Waals surface area (Å²) in [6, 6.07) is 16.6. The first-order valence-electron chi connectivity index (χ1n) is 8.45. The molecule has 0 amide bonds. The smallest absolute Gasteiger partial charge is 0.153 e. The number of halogens is 1. The number of anilines is 1. The van der Waals surface area contributed by atoms with Crippen LogP contribution >= 0.6 is 0 Å². The Morgan fingerprint density at radius 1 is 1.00 bits per heavy atom.